The van der Waals surface area contributed by atoms with E-state index >= 15 is 0 Å². The lowest BCUT2D eigenvalue weighted by molar-refractivity contribution is 0.193. The number of anilines is 1. The number of aromatic nitrogens is 2. The first kappa shape index (κ1) is 20.0. The van der Waals surface area contributed by atoms with Crippen molar-refractivity contribution in [2.45, 2.75) is 65.9 Å². The molecule has 0 aliphatic carbocycles. The number of nitrogens with one attached hydrogen (secondary N) is 2. The van der Waals surface area contributed by atoms with Gasteiger partial charge in [-0.25, -0.2) is 4.98 Å². The second kappa shape index (κ2) is 8.88. The molecule has 142 valence electrons. The third kappa shape index (κ3) is 4.26. The molecule has 26 heavy (non-hydrogen) atoms. The molecule has 0 bridgehead atoms. The maximum atomic E-state index is 12.6. The number of aryl methyl sites for hydroxylation is 1. The van der Waals surface area contributed by atoms with Gasteiger partial charge in [0.15, 0.2) is 11.6 Å². The van der Waals surface area contributed by atoms with E-state index in [1.165, 1.54) is 0 Å². The Kier molecular flexibility index (Phi) is 6.83. The topological polar surface area (TPSA) is 67.0 Å². The van der Waals surface area contributed by atoms with Crippen LogP contribution in [0.3, 0.4) is 0 Å². The Morgan fingerprint density at radius 1 is 1.19 bits per heavy atom. The number of hydrogen-bond acceptors (Lipinski definition) is 4. The largest absolute Gasteiger partial charge is 0.487 e. The normalized spacial score (nSPS) is 11.2. The fourth-order valence-electron chi connectivity index (χ4n) is 2.95. The van der Waals surface area contributed by atoms with Crippen molar-refractivity contribution >= 4 is 5.82 Å². The van der Waals surface area contributed by atoms with Crippen molar-refractivity contribution in [3.8, 4) is 17.0 Å². The summed E-state index contributed by atoms with van der Waals surface area (Å²) < 4.78 is 6.14. The molecule has 0 amide bonds. The zero-order chi connectivity index (χ0) is 19.3. The minimum Gasteiger partial charge on any atom is -0.487 e. The SMILES string of the molecule is CCc1cc(OC(CC)CC)c(NC)nc1-c1ccc(C(C)C)[nH]c1=O. The van der Waals surface area contributed by atoms with Crippen molar-refractivity contribution in [1.82, 2.24) is 9.97 Å². The van der Waals surface area contributed by atoms with E-state index in [0.29, 0.717) is 17.1 Å². The van der Waals surface area contributed by atoms with Gasteiger partial charge in [-0.1, -0.05) is 34.6 Å². The fourth-order valence-corrected chi connectivity index (χ4v) is 2.95. The van der Waals surface area contributed by atoms with Crippen molar-refractivity contribution in [1.29, 1.82) is 0 Å². The average Bonchev–Trinajstić information content (AvgIpc) is 2.65. The molecule has 0 fully saturated rings. The van der Waals surface area contributed by atoms with Crippen LogP contribution in [0.1, 0.15) is 64.6 Å². The first-order chi connectivity index (χ1) is 12.4. The fraction of sp³-hybridized carbons (Fsp3) is 0.524. The molecule has 2 heterocycles. The molecule has 2 N–H and O–H groups in total. The summed E-state index contributed by atoms with van der Waals surface area (Å²) in [7, 11) is 1.82. The van der Waals surface area contributed by atoms with Gasteiger partial charge < -0.3 is 15.0 Å². The van der Waals surface area contributed by atoms with Crippen molar-refractivity contribution in [3.05, 3.63) is 39.8 Å². The highest BCUT2D eigenvalue weighted by molar-refractivity contribution is 5.68. The van der Waals surface area contributed by atoms with E-state index in [0.717, 1.165) is 36.3 Å². The van der Waals surface area contributed by atoms with E-state index in [1.54, 1.807) is 0 Å². The van der Waals surface area contributed by atoms with Crippen LogP contribution in [0.25, 0.3) is 11.3 Å². The van der Waals surface area contributed by atoms with Crippen LogP contribution in [0, 0.1) is 0 Å². The van der Waals surface area contributed by atoms with Crippen LogP contribution in [-0.4, -0.2) is 23.1 Å². The van der Waals surface area contributed by atoms with E-state index in [4.69, 9.17) is 9.72 Å². The first-order valence-corrected chi connectivity index (χ1v) is 9.56. The number of hydrogen-bond donors (Lipinski definition) is 2. The Morgan fingerprint density at radius 2 is 1.88 bits per heavy atom. The lowest BCUT2D eigenvalue weighted by Crippen LogP contribution is -2.17. The molecule has 2 aromatic rings. The Bertz CT molecular complexity index is 792. The van der Waals surface area contributed by atoms with Crippen LogP contribution >= 0.6 is 0 Å². The molecule has 0 aliphatic heterocycles. The highest BCUT2D eigenvalue weighted by Gasteiger charge is 2.17. The summed E-state index contributed by atoms with van der Waals surface area (Å²) >= 11 is 0. The van der Waals surface area contributed by atoms with Gasteiger partial charge >= 0.3 is 0 Å². The van der Waals surface area contributed by atoms with E-state index in [-0.39, 0.29) is 17.6 Å². The van der Waals surface area contributed by atoms with Gasteiger partial charge in [0, 0.05) is 12.7 Å². The lowest BCUT2D eigenvalue weighted by Gasteiger charge is -2.20. The smallest absolute Gasteiger partial charge is 0.257 e. The van der Waals surface area contributed by atoms with E-state index in [1.807, 2.05) is 25.2 Å². The molecule has 0 atom stereocenters. The van der Waals surface area contributed by atoms with Crippen LogP contribution in [0.5, 0.6) is 5.75 Å². The van der Waals surface area contributed by atoms with Crippen LogP contribution in [0.4, 0.5) is 5.82 Å². The second-order valence-corrected chi connectivity index (χ2v) is 6.81. The number of nitrogens with zero attached hydrogens (tertiary/aromatic N) is 1. The summed E-state index contributed by atoms with van der Waals surface area (Å²) in [5.41, 5.74) is 3.14. The molecule has 0 spiro atoms. The number of aromatic amines is 1. The predicted molar refractivity (Wildman–Crippen MR) is 108 cm³/mol. The molecule has 0 saturated carbocycles. The standard InChI is InChI=1S/C21H31N3O2/c1-7-14-12-18(26-15(8-2)9-3)20(22-6)24-19(14)16-10-11-17(13(4)5)23-21(16)25/h10-13,15H,7-9H2,1-6H3,(H,22,24)(H,23,25). The summed E-state index contributed by atoms with van der Waals surface area (Å²) in [6, 6.07) is 5.86. The molecule has 2 aromatic heterocycles. The van der Waals surface area contributed by atoms with Crippen LogP contribution < -0.4 is 15.6 Å². The van der Waals surface area contributed by atoms with Gasteiger partial charge in [0.1, 0.15) is 0 Å². The maximum absolute atomic E-state index is 12.6. The molecule has 0 aliphatic rings. The van der Waals surface area contributed by atoms with Gasteiger partial charge in [0.2, 0.25) is 0 Å². The predicted octanol–water partition coefficient (Wildman–Crippen LogP) is 4.73. The van der Waals surface area contributed by atoms with E-state index < -0.39 is 0 Å². The molecule has 0 radical (unpaired) electrons. The van der Waals surface area contributed by atoms with Crippen LogP contribution in [-0.2, 0) is 6.42 Å². The van der Waals surface area contributed by atoms with Crippen molar-refractivity contribution in [2.24, 2.45) is 0 Å². The third-order valence-electron chi connectivity index (χ3n) is 4.70. The van der Waals surface area contributed by atoms with Crippen molar-refractivity contribution in [2.75, 3.05) is 12.4 Å². The molecule has 2 rings (SSSR count). The molecular formula is C21H31N3O2. The van der Waals surface area contributed by atoms with Gasteiger partial charge in [0.05, 0.1) is 17.4 Å². The molecule has 0 unspecified atom stereocenters. The number of pyridine rings is 2. The Balaban J connectivity index is 2.54. The van der Waals surface area contributed by atoms with Gasteiger partial charge in [-0.05, 0) is 48.9 Å². The third-order valence-corrected chi connectivity index (χ3v) is 4.70. The second-order valence-electron chi connectivity index (χ2n) is 6.81. The zero-order valence-corrected chi connectivity index (χ0v) is 16.8. The summed E-state index contributed by atoms with van der Waals surface area (Å²) in [6.07, 6.45) is 2.82. The Labute approximate surface area is 156 Å². The van der Waals surface area contributed by atoms with Crippen LogP contribution in [0.2, 0.25) is 0 Å². The molecule has 5 heteroatoms. The molecule has 0 aromatic carbocycles. The first-order valence-electron chi connectivity index (χ1n) is 9.56. The van der Waals surface area contributed by atoms with E-state index in [9.17, 15) is 4.79 Å². The highest BCUT2D eigenvalue weighted by atomic mass is 16.5. The minimum absolute atomic E-state index is 0.103. The van der Waals surface area contributed by atoms with Gasteiger partial charge in [-0.15, -0.1) is 0 Å². The quantitative estimate of drug-likeness (QED) is 0.716. The van der Waals surface area contributed by atoms with Crippen molar-refractivity contribution in [3.63, 3.8) is 0 Å². The highest BCUT2D eigenvalue weighted by Crippen LogP contribution is 2.31. The van der Waals surface area contributed by atoms with Gasteiger partial charge in [0.25, 0.3) is 5.56 Å². The molecule has 0 saturated heterocycles. The summed E-state index contributed by atoms with van der Waals surface area (Å²) in [5.74, 6) is 1.69. The monoisotopic (exact) mass is 357 g/mol. The van der Waals surface area contributed by atoms with Gasteiger partial charge in [-0.2, -0.15) is 0 Å². The van der Waals surface area contributed by atoms with Crippen LogP contribution in [0.15, 0.2) is 23.0 Å². The zero-order valence-electron chi connectivity index (χ0n) is 16.8. The Morgan fingerprint density at radius 3 is 2.38 bits per heavy atom. The number of rotatable bonds is 8. The van der Waals surface area contributed by atoms with Crippen molar-refractivity contribution < 1.29 is 4.74 Å². The summed E-state index contributed by atoms with van der Waals surface area (Å²) in [6.45, 7) is 10.4. The Hall–Kier alpha value is -2.30. The number of H-pyrrole nitrogens is 1. The molecular weight excluding hydrogens is 326 g/mol. The lowest BCUT2D eigenvalue weighted by atomic mass is 10.0. The minimum atomic E-state index is -0.103. The van der Waals surface area contributed by atoms with Gasteiger partial charge in [-0.3, -0.25) is 4.79 Å². The number of ether oxygens (including phenoxy) is 1. The summed E-state index contributed by atoms with van der Waals surface area (Å²) in [4.78, 5) is 20.3. The molecule has 5 nitrogen and oxygen atoms in total. The maximum Gasteiger partial charge on any atom is 0.257 e. The average molecular weight is 357 g/mol. The van der Waals surface area contributed by atoms with E-state index in [2.05, 4.69) is 44.9 Å². The summed E-state index contributed by atoms with van der Waals surface area (Å²) in [5, 5.41) is 3.11.